The molecule has 166 valence electrons. The molecule has 3 heterocycles. The maximum Gasteiger partial charge on any atom is 0.245 e. The molecule has 0 unspecified atom stereocenters. The number of carbonyl (C=O) groups is 1. The van der Waals surface area contributed by atoms with E-state index in [0.717, 1.165) is 49.2 Å². The first-order valence-electron chi connectivity index (χ1n) is 11.8. The van der Waals surface area contributed by atoms with Crippen molar-refractivity contribution in [3.8, 4) is 0 Å². The minimum absolute atomic E-state index is 0.158. The van der Waals surface area contributed by atoms with Crippen LogP contribution in [0, 0.1) is 0 Å². The molecule has 1 atom stereocenters. The Bertz CT molecular complexity index is 1070. The van der Waals surface area contributed by atoms with E-state index in [9.17, 15) is 4.79 Å². The van der Waals surface area contributed by atoms with Crippen molar-refractivity contribution in [3.05, 3.63) is 60.4 Å². The highest BCUT2D eigenvalue weighted by Crippen LogP contribution is 2.30. The van der Waals surface area contributed by atoms with Gasteiger partial charge in [0, 0.05) is 44.3 Å². The summed E-state index contributed by atoms with van der Waals surface area (Å²) in [7, 11) is 1.91. The largest absolute Gasteiger partial charge is 0.372 e. The Kier molecular flexibility index (Phi) is 5.93. The Labute approximate surface area is 189 Å². The summed E-state index contributed by atoms with van der Waals surface area (Å²) >= 11 is 0. The maximum atomic E-state index is 13.4. The van der Waals surface area contributed by atoms with E-state index in [1.165, 1.54) is 30.5 Å². The smallest absolute Gasteiger partial charge is 0.245 e. The van der Waals surface area contributed by atoms with Gasteiger partial charge in [-0.05, 0) is 61.9 Å². The lowest BCUT2D eigenvalue weighted by molar-refractivity contribution is -0.131. The summed E-state index contributed by atoms with van der Waals surface area (Å²) in [6.45, 7) is 3.75. The summed E-state index contributed by atoms with van der Waals surface area (Å²) in [4.78, 5) is 28.8. The van der Waals surface area contributed by atoms with Crippen LogP contribution in [0.3, 0.4) is 0 Å². The lowest BCUT2D eigenvalue weighted by Crippen LogP contribution is -2.44. The molecule has 2 aliphatic heterocycles. The van der Waals surface area contributed by atoms with Crippen LogP contribution in [0.1, 0.15) is 37.7 Å². The van der Waals surface area contributed by atoms with Crippen molar-refractivity contribution in [2.24, 2.45) is 0 Å². The fraction of sp³-hybridized carbons (Fsp3) is 0.423. The summed E-state index contributed by atoms with van der Waals surface area (Å²) in [6, 6.07) is 16.6. The molecule has 2 aliphatic rings. The van der Waals surface area contributed by atoms with Crippen LogP contribution >= 0.6 is 0 Å². The van der Waals surface area contributed by atoms with Crippen LogP contribution in [-0.2, 0) is 11.3 Å². The van der Waals surface area contributed by atoms with Gasteiger partial charge in [-0.15, -0.1) is 0 Å². The van der Waals surface area contributed by atoms with Crippen molar-refractivity contribution >= 4 is 28.3 Å². The SMILES string of the molecule is CN(Cc1ccc(N2CCCCC2)cc1)C(=O)[C@@H]1CCCN1c1ncnc2ccccc12. The lowest BCUT2D eigenvalue weighted by atomic mass is 10.1. The number of likely N-dealkylation sites (N-methyl/N-ethyl adjacent to an activating group) is 1. The first kappa shape index (κ1) is 20.7. The number of fused-ring (bicyclic) bond motifs is 1. The highest BCUT2D eigenvalue weighted by molar-refractivity contribution is 5.93. The molecule has 0 radical (unpaired) electrons. The second-order valence-corrected chi connectivity index (χ2v) is 8.97. The average Bonchev–Trinajstić information content (AvgIpc) is 3.34. The van der Waals surface area contributed by atoms with Gasteiger partial charge in [-0.25, -0.2) is 9.97 Å². The fourth-order valence-electron chi connectivity index (χ4n) is 5.07. The molecule has 5 rings (SSSR count). The summed E-state index contributed by atoms with van der Waals surface area (Å²) in [5.74, 6) is 1.02. The number of piperidine rings is 1. The molecule has 0 N–H and O–H groups in total. The monoisotopic (exact) mass is 429 g/mol. The van der Waals surface area contributed by atoms with Crippen LogP contribution in [0.4, 0.5) is 11.5 Å². The van der Waals surface area contributed by atoms with E-state index in [1.807, 2.05) is 36.2 Å². The predicted octanol–water partition coefficient (Wildman–Crippen LogP) is 4.25. The highest BCUT2D eigenvalue weighted by Gasteiger charge is 2.34. The molecule has 6 nitrogen and oxygen atoms in total. The number of anilines is 2. The summed E-state index contributed by atoms with van der Waals surface area (Å²) in [6.07, 6.45) is 7.34. The number of amides is 1. The van der Waals surface area contributed by atoms with Crippen LogP contribution in [0.15, 0.2) is 54.9 Å². The van der Waals surface area contributed by atoms with E-state index in [0.29, 0.717) is 6.54 Å². The van der Waals surface area contributed by atoms with E-state index in [1.54, 1.807) is 6.33 Å². The number of benzene rings is 2. The molecule has 0 spiro atoms. The molecule has 1 aromatic heterocycles. The molecular weight excluding hydrogens is 398 g/mol. The number of rotatable bonds is 5. The molecule has 3 aromatic rings. The molecular formula is C26H31N5O. The third-order valence-corrected chi connectivity index (χ3v) is 6.79. The van der Waals surface area contributed by atoms with Crippen LogP contribution in [-0.4, -0.2) is 53.5 Å². The van der Waals surface area contributed by atoms with Gasteiger partial charge in [0.1, 0.15) is 18.2 Å². The van der Waals surface area contributed by atoms with E-state index < -0.39 is 0 Å². The van der Waals surface area contributed by atoms with Crippen molar-refractivity contribution in [1.82, 2.24) is 14.9 Å². The second-order valence-electron chi connectivity index (χ2n) is 8.97. The molecule has 1 amide bonds. The van der Waals surface area contributed by atoms with Crippen molar-refractivity contribution in [1.29, 1.82) is 0 Å². The standard InChI is InChI=1S/C26H31N5O/c1-29(18-20-11-13-21(14-12-20)30-15-5-2-6-16-30)26(32)24-10-7-17-31(24)25-22-8-3-4-9-23(22)27-19-28-25/h3-4,8-9,11-14,19,24H,2,5-7,10,15-18H2,1H3/t24-/m0/s1. The summed E-state index contributed by atoms with van der Waals surface area (Å²) in [5, 5.41) is 1.01. The molecule has 0 bridgehead atoms. The third-order valence-electron chi connectivity index (χ3n) is 6.79. The van der Waals surface area contributed by atoms with Crippen LogP contribution < -0.4 is 9.80 Å². The number of para-hydroxylation sites is 1. The van der Waals surface area contributed by atoms with Crippen LogP contribution in [0.2, 0.25) is 0 Å². The lowest BCUT2D eigenvalue weighted by Gasteiger charge is -2.30. The second kappa shape index (κ2) is 9.15. The molecule has 32 heavy (non-hydrogen) atoms. The first-order chi connectivity index (χ1) is 15.7. The maximum absolute atomic E-state index is 13.4. The summed E-state index contributed by atoms with van der Waals surface area (Å²) < 4.78 is 0. The Morgan fingerprint density at radius 1 is 0.969 bits per heavy atom. The average molecular weight is 430 g/mol. The number of aromatic nitrogens is 2. The van der Waals surface area contributed by atoms with Crippen molar-refractivity contribution < 1.29 is 4.79 Å². The molecule has 2 fully saturated rings. The molecule has 2 saturated heterocycles. The third kappa shape index (κ3) is 4.14. The van der Waals surface area contributed by atoms with E-state index in [4.69, 9.17) is 0 Å². The minimum atomic E-state index is -0.175. The fourth-order valence-corrected chi connectivity index (χ4v) is 5.07. The van der Waals surface area contributed by atoms with Gasteiger partial charge < -0.3 is 14.7 Å². The number of carbonyl (C=O) groups excluding carboxylic acids is 1. The highest BCUT2D eigenvalue weighted by atomic mass is 16.2. The Morgan fingerprint density at radius 3 is 2.56 bits per heavy atom. The van der Waals surface area contributed by atoms with Crippen molar-refractivity contribution in [2.45, 2.75) is 44.7 Å². The van der Waals surface area contributed by atoms with E-state index in [2.05, 4.69) is 44.0 Å². The Balaban J connectivity index is 1.29. The van der Waals surface area contributed by atoms with Gasteiger partial charge in [0.05, 0.1) is 5.52 Å². The van der Waals surface area contributed by atoms with E-state index >= 15 is 0 Å². The summed E-state index contributed by atoms with van der Waals surface area (Å²) in [5.41, 5.74) is 3.37. The number of hydrogen-bond donors (Lipinski definition) is 0. The zero-order chi connectivity index (χ0) is 21.9. The molecule has 6 heteroatoms. The van der Waals surface area contributed by atoms with E-state index in [-0.39, 0.29) is 11.9 Å². The molecule has 0 saturated carbocycles. The Hall–Kier alpha value is -3.15. The number of hydrogen-bond acceptors (Lipinski definition) is 5. The van der Waals surface area contributed by atoms with Crippen LogP contribution in [0.5, 0.6) is 0 Å². The quantitative estimate of drug-likeness (QED) is 0.607. The zero-order valence-corrected chi connectivity index (χ0v) is 18.8. The first-order valence-corrected chi connectivity index (χ1v) is 11.8. The van der Waals surface area contributed by atoms with Gasteiger partial charge in [-0.1, -0.05) is 24.3 Å². The molecule has 2 aromatic carbocycles. The van der Waals surface area contributed by atoms with Gasteiger partial charge in [0.2, 0.25) is 5.91 Å². The minimum Gasteiger partial charge on any atom is -0.372 e. The van der Waals surface area contributed by atoms with Gasteiger partial charge in [-0.2, -0.15) is 0 Å². The van der Waals surface area contributed by atoms with Crippen molar-refractivity contribution in [2.75, 3.05) is 36.5 Å². The van der Waals surface area contributed by atoms with Crippen molar-refractivity contribution in [3.63, 3.8) is 0 Å². The number of nitrogens with zero attached hydrogens (tertiary/aromatic N) is 5. The van der Waals surface area contributed by atoms with Gasteiger partial charge in [-0.3, -0.25) is 4.79 Å². The normalized spacial score (nSPS) is 18.8. The molecule has 0 aliphatic carbocycles. The topological polar surface area (TPSA) is 52.6 Å². The predicted molar refractivity (Wildman–Crippen MR) is 129 cm³/mol. The van der Waals surface area contributed by atoms with Gasteiger partial charge in [0.25, 0.3) is 0 Å². The Morgan fingerprint density at radius 2 is 1.75 bits per heavy atom. The van der Waals surface area contributed by atoms with Gasteiger partial charge in [0.15, 0.2) is 0 Å². The zero-order valence-electron chi connectivity index (χ0n) is 18.8. The van der Waals surface area contributed by atoms with Crippen LogP contribution in [0.25, 0.3) is 10.9 Å². The van der Waals surface area contributed by atoms with Gasteiger partial charge >= 0.3 is 0 Å².